The highest BCUT2D eigenvalue weighted by Crippen LogP contribution is 2.35. The largest absolute Gasteiger partial charge is 0.507 e. The molecule has 140 valence electrons. The number of benzene rings is 2. The van der Waals surface area contributed by atoms with Crippen molar-refractivity contribution >= 4 is 5.78 Å². The summed E-state index contributed by atoms with van der Waals surface area (Å²) in [6, 6.07) is 13.4. The second-order valence-corrected chi connectivity index (χ2v) is 7.70. The second-order valence-electron chi connectivity index (χ2n) is 7.70. The highest BCUT2D eigenvalue weighted by atomic mass is 16.5. The zero-order chi connectivity index (χ0) is 19.5. The van der Waals surface area contributed by atoms with Crippen molar-refractivity contribution in [2.75, 3.05) is 0 Å². The molecule has 0 aliphatic rings. The van der Waals surface area contributed by atoms with Crippen LogP contribution in [0.1, 0.15) is 75.9 Å². The Labute approximate surface area is 157 Å². The Hall–Kier alpha value is -2.29. The molecule has 0 aromatic heterocycles. The Morgan fingerprint density at radius 3 is 2.00 bits per heavy atom. The van der Waals surface area contributed by atoms with E-state index in [0.29, 0.717) is 5.56 Å². The molecule has 2 aromatic carbocycles. The fourth-order valence-electron chi connectivity index (χ4n) is 2.99. The summed E-state index contributed by atoms with van der Waals surface area (Å²) in [6.07, 6.45) is 1.91. The first-order valence-corrected chi connectivity index (χ1v) is 9.27. The molecule has 0 heterocycles. The van der Waals surface area contributed by atoms with Gasteiger partial charge in [-0.05, 0) is 62.1 Å². The summed E-state index contributed by atoms with van der Waals surface area (Å²) in [5.74, 6) is 0.757. The van der Waals surface area contributed by atoms with E-state index < -0.39 is 0 Å². The molecule has 0 unspecified atom stereocenters. The van der Waals surface area contributed by atoms with Crippen molar-refractivity contribution in [3.63, 3.8) is 0 Å². The van der Waals surface area contributed by atoms with Gasteiger partial charge < -0.3 is 9.84 Å². The van der Waals surface area contributed by atoms with E-state index >= 15 is 0 Å². The minimum Gasteiger partial charge on any atom is -0.507 e. The third kappa shape index (κ3) is 4.09. The normalized spacial score (nSPS) is 12.1. The molecule has 0 radical (unpaired) electrons. The maximum absolute atomic E-state index is 11.7. The number of hydrogen-bond acceptors (Lipinski definition) is 3. The van der Waals surface area contributed by atoms with Crippen molar-refractivity contribution in [1.29, 1.82) is 0 Å². The van der Waals surface area contributed by atoms with Crippen LogP contribution in [0.15, 0.2) is 42.5 Å². The van der Waals surface area contributed by atoms with Crippen molar-refractivity contribution in [1.82, 2.24) is 0 Å². The quantitative estimate of drug-likeness (QED) is 0.632. The van der Waals surface area contributed by atoms with Crippen molar-refractivity contribution in [2.45, 2.75) is 65.4 Å². The molecule has 0 spiro atoms. The first-order chi connectivity index (χ1) is 12.1. The monoisotopic (exact) mass is 354 g/mol. The number of carbonyl (C=O) groups excluding carboxylic acids is 1. The van der Waals surface area contributed by atoms with Gasteiger partial charge in [-0.15, -0.1) is 0 Å². The lowest BCUT2D eigenvalue weighted by atomic mass is 9.77. The van der Waals surface area contributed by atoms with E-state index in [2.05, 4.69) is 46.8 Å². The van der Waals surface area contributed by atoms with Crippen LogP contribution < -0.4 is 4.74 Å². The van der Waals surface area contributed by atoms with Gasteiger partial charge in [-0.25, -0.2) is 0 Å². The molecule has 1 N–H and O–H groups in total. The predicted molar refractivity (Wildman–Crippen MR) is 106 cm³/mol. The second kappa shape index (κ2) is 7.53. The summed E-state index contributed by atoms with van der Waals surface area (Å²) in [5, 5.41) is 9.90. The number of hydrogen-bond donors (Lipinski definition) is 1. The van der Waals surface area contributed by atoms with E-state index in [0.717, 1.165) is 29.7 Å². The summed E-state index contributed by atoms with van der Waals surface area (Å²) in [6.45, 7) is 12.1. The molecule has 0 saturated heterocycles. The molecule has 0 bridgehead atoms. The number of aromatic hydroxyl groups is 1. The molecule has 0 saturated carbocycles. The van der Waals surface area contributed by atoms with Crippen LogP contribution >= 0.6 is 0 Å². The van der Waals surface area contributed by atoms with E-state index in [4.69, 9.17) is 4.74 Å². The van der Waals surface area contributed by atoms with E-state index in [9.17, 15) is 9.90 Å². The summed E-state index contributed by atoms with van der Waals surface area (Å²) in [5.41, 5.74) is 2.03. The zero-order valence-electron chi connectivity index (χ0n) is 16.7. The van der Waals surface area contributed by atoms with Gasteiger partial charge in [0.05, 0.1) is 5.56 Å². The Morgan fingerprint density at radius 1 is 0.962 bits per heavy atom. The lowest BCUT2D eigenvalue weighted by Gasteiger charge is -2.30. The molecule has 0 atom stereocenters. The van der Waals surface area contributed by atoms with Crippen LogP contribution in [0.5, 0.6) is 11.5 Å². The maximum atomic E-state index is 11.7. The average Bonchev–Trinajstić information content (AvgIpc) is 2.62. The first kappa shape index (κ1) is 20.0. The Morgan fingerprint density at radius 2 is 1.50 bits per heavy atom. The Bertz CT molecular complexity index is 769. The van der Waals surface area contributed by atoms with E-state index in [1.807, 2.05) is 18.2 Å². The van der Waals surface area contributed by atoms with Crippen molar-refractivity contribution in [3.05, 3.63) is 59.2 Å². The molecule has 0 fully saturated rings. The Balaban J connectivity index is 2.32. The van der Waals surface area contributed by atoms with Crippen molar-refractivity contribution in [3.8, 4) is 11.5 Å². The van der Waals surface area contributed by atoms with E-state index in [1.165, 1.54) is 6.92 Å². The van der Waals surface area contributed by atoms with Crippen LogP contribution in [0.2, 0.25) is 0 Å². The molecule has 3 heteroatoms. The number of Topliss-reactive ketones (excluding diaryl/α,β-unsaturated/α-hetero) is 1. The van der Waals surface area contributed by atoms with Gasteiger partial charge in [0.2, 0.25) is 0 Å². The number of ether oxygens (including phenoxy) is 1. The summed E-state index contributed by atoms with van der Waals surface area (Å²) < 4.78 is 6.16. The first-order valence-electron chi connectivity index (χ1n) is 9.27. The third-order valence-corrected chi connectivity index (χ3v) is 5.53. The lowest BCUT2D eigenvalue weighted by molar-refractivity contribution is 0.0802. The molecule has 2 rings (SSSR count). The molecule has 0 amide bonds. The Kier molecular flexibility index (Phi) is 5.80. The predicted octanol–water partition coefficient (Wildman–Crippen LogP) is 5.88. The molecule has 3 nitrogen and oxygen atoms in total. The van der Waals surface area contributed by atoms with Crippen LogP contribution in [-0.2, 0) is 5.41 Å². The molecule has 0 aliphatic carbocycles. The van der Waals surface area contributed by atoms with Crippen LogP contribution in [0.3, 0.4) is 0 Å². The maximum Gasteiger partial charge on any atom is 0.163 e. The van der Waals surface area contributed by atoms with Crippen LogP contribution in [-0.4, -0.2) is 16.5 Å². The molecule has 0 aliphatic heterocycles. The number of carbonyl (C=O) groups is 1. The van der Waals surface area contributed by atoms with Gasteiger partial charge in [0, 0.05) is 5.41 Å². The molecule has 2 aromatic rings. The number of rotatable bonds is 7. The van der Waals surface area contributed by atoms with E-state index in [1.54, 1.807) is 12.1 Å². The van der Waals surface area contributed by atoms with Crippen molar-refractivity contribution < 1.29 is 14.6 Å². The minimum absolute atomic E-state index is 0.0271. The van der Waals surface area contributed by atoms with E-state index in [-0.39, 0.29) is 22.5 Å². The molecular formula is C23H30O3. The van der Waals surface area contributed by atoms with Gasteiger partial charge in [-0.2, -0.15) is 0 Å². The van der Waals surface area contributed by atoms with Gasteiger partial charge in [-0.3, -0.25) is 4.79 Å². The standard InChI is InChI=1S/C23H30O3/c1-7-23(6,8-2)26-19-12-9-17(10-13-19)22(4,5)18-11-14-21(25)20(15-18)16(3)24/h9-15,25H,7-8H2,1-6H3. The minimum atomic E-state index is -0.296. The zero-order valence-corrected chi connectivity index (χ0v) is 16.7. The van der Waals surface area contributed by atoms with Gasteiger partial charge in [0.1, 0.15) is 17.1 Å². The highest BCUT2D eigenvalue weighted by molar-refractivity contribution is 5.96. The summed E-state index contributed by atoms with van der Waals surface area (Å²) in [7, 11) is 0. The van der Waals surface area contributed by atoms with Gasteiger partial charge in [-0.1, -0.05) is 45.9 Å². The van der Waals surface area contributed by atoms with Gasteiger partial charge in [0.15, 0.2) is 5.78 Å². The lowest BCUT2D eigenvalue weighted by Crippen LogP contribution is -2.30. The van der Waals surface area contributed by atoms with Crippen LogP contribution in [0, 0.1) is 0 Å². The fraction of sp³-hybridized carbons (Fsp3) is 0.435. The van der Waals surface area contributed by atoms with Crippen LogP contribution in [0.4, 0.5) is 0 Å². The smallest absolute Gasteiger partial charge is 0.163 e. The third-order valence-electron chi connectivity index (χ3n) is 5.53. The summed E-state index contributed by atoms with van der Waals surface area (Å²) >= 11 is 0. The average molecular weight is 354 g/mol. The summed E-state index contributed by atoms with van der Waals surface area (Å²) in [4.78, 5) is 11.7. The van der Waals surface area contributed by atoms with Crippen LogP contribution in [0.25, 0.3) is 0 Å². The molecule has 26 heavy (non-hydrogen) atoms. The fourth-order valence-corrected chi connectivity index (χ4v) is 2.99. The topological polar surface area (TPSA) is 46.5 Å². The number of ketones is 1. The SMILES string of the molecule is CCC(C)(CC)Oc1ccc(C(C)(C)c2ccc(O)c(C(C)=O)c2)cc1. The van der Waals surface area contributed by atoms with Gasteiger partial charge in [0.25, 0.3) is 0 Å². The number of phenols is 1. The highest BCUT2D eigenvalue weighted by Gasteiger charge is 2.26. The van der Waals surface area contributed by atoms with Gasteiger partial charge >= 0.3 is 0 Å². The molecular weight excluding hydrogens is 324 g/mol. The van der Waals surface area contributed by atoms with Crippen molar-refractivity contribution in [2.24, 2.45) is 0 Å². The number of phenolic OH excluding ortho intramolecular Hbond substituents is 1.